The van der Waals surface area contributed by atoms with Crippen LogP contribution in [0.3, 0.4) is 0 Å². The van der Waals surface area contributed by atoms with Crippen LogP contribution in [0.1, 0.15) is 18.1 Å². The maximum atomic E-state index is 12.3. The monoisotopic (exact) mass is 452 g/mol. The summed E-state index contributed by atoms with van der Waals surface area (Å²) in [5, 5.41) is 13.2. The number of carbonyl (C=O) groups is 1. The number of methoxy groups -OCH3 is 1. The number of benzene rings is 2. The normalized spacial score (nSPS) is 14.6. The molecule has 3 aromatic rings. The molecule has 1 aliphatic carbocycles. The number of rotatable bonds is 7. The first-order valence-corrected chi connectivity index (χ1v) is 11.9. The number of nitrogens with one attached hydrogen (secondary N) is 1. The van der Waals surface area contributed by atoms with Gasteiger partial charge in [0, 0.05) is 18.4 Å². The average Bonchev–Trinajstić information content (AvgIpc) is 3.18. The van der Waals surface area contributed by atoms with E-state index in [1.807, 2.05) is 24.3 Å². The summed E-state index contributed by atoms with van der Waals surface area (Å²) in [5.41, 5.74) is 2.51. The molecule has 0 spiro atoms. The van der Waals surface area contributed by atoms with Crippen LogP contribution in [0.4, 0.5) is 5.69 Å². The van der Waals surface area contributed by atoms with Crippen molar-refractivity contribution < 1.29 is 23.1 Å². The van der Waals surface area contributed by atoms with E-state index in [2.05, 4.69) is 10.3 Å². The second-order valence-electron chi connectivity index (χ2n) is 7.85. The van der Waals surface area contributed by atoms with Gasteiger partial charge in [-0.05, 0) is 34.9 Å². The standard InChI is InChI=1S/C24H24N2O5S/c1-3-32(29,30)20-10-6-9-16(11-20)21-12-19(15-25-22(21)31-2)26-24(23(27)28)13-17-7-4-5-8-18(17)14-24/h4-12,15,26H,3,13-14H2,1-2H3,(H,27,28). The van der Waals surface area contributed by atoms with Crippen molar-refractivity contribution in [3.63, 3.8) is 0 Å². The number of carboxylic acids is 1. The Hall–Kier alpha value is -3.39. The summed E-state index contributed by atoms with van der Waals surface area (Å²) in [6.07, 6.45) is 2.23. The maximum absolute atomic E-state index is 12.3. The smallest absolute Gasteiger partial charge is 0.330 e. The van der Waals surface area contributed by atoms with E-state index in [9.17, 15) is 18.3 Å². The molecule has 166 valence electrons. The Labute approximate surface area is 187 Å². The quantitative estimate of drug-likeness (QED) is 0.564. The lowest BCUT2D eigenvalue weighted by atomic mass is 9.95. The molecule has 7 nitrogen and oxygen atoms in total. The van der Waals surface area contributed by atoms with Gasteiger partial charge < -0.3 is 15.2 Å². The second-order valence-corrected chi connectivity index (χ2v) is 10.1. The summed E-state index contributed by atoms with van der Waals surface area (Å²) < 4.78 is 30.1. The Balaban J connectivity index is 1.73. The number of aromatic nitrogens is 1. The molecule has 0 aliphatic heterocycles. The summed E-state index contributed by atoms with van der Waals surface area (Å²) >= 11 is 0. The number of fused-ring (bicyclic) bond motifs is 1. The number of pyridine rings is 1. The lowest BCUT2D eigenvalue weighted by Gasteiger charge is -2.27. The van der Waals surface area contributed by atoms with Crippen molar-refractivity contribution in [1.82, 2.24) is 4.98 Å². The van der Waals surface area contributed by atoms with Gasteiger partial charge in [-0.2, -0.15) is 0 Å². The highest BCUT2D eigenvalue weighted by atomic mass is 32.2. The molecule has 32 heavy (non-hydrogen) atoms. The fraction of sp³-hybridized carbons (Fsp3) is 0.250. The van der Waals surface area contributed by atoms with Gasteiger partial charge in [0.05, 0.1) is 29.6 Å². The number of ether oxygens (including phenoxy) is 1. The van der Waals surface area contributed by atoms with Crippen LogP contribution in [0.5, 0.6) is 5.88 Å². The van der Waals surface area contributed by atoms with Gasteiger partial charge in [0.15, 0.2) is 9.84 Å². The molecule has 2 N–H and O–H groups in total. The van der Waals surface area contributed by atoms with Crippen molar-refractivity contribution in [2.24, 2.45) is 0 Å². The molecule has 0 radical (unpaired) electrons. The number of aliphatic carboxylic acids is 1. The molecule has 0 bridgehead atoms. The molecule has 0 saturated carbocycles. The Morgan fingerprint density at radius 2 is 1.81 bits per heavy atom. The van der Waals surface area contributed by atoms with Gasteiger partial charge in [0.1, 0.15) is 5.54 Å². The largest absolute Gasteiger partial charge is 0.481 e. The molecular weight excluding hydrogens is 428 g/mol. The van der Waals surface area contributed by atoms with Gasteiger partial charge in [0.2, 0.25) is 5.88 Å². The van der Waals surface area contributed by atoms with E-state index in [0.717, 1.165) is 11.1 Å². The number of sulfone groups is 1. The molecule has 0 unspecified atom stereocenters. The van der Waals surface area contributed by atoms with E-state index < -0.39 is 21.3 Å². The summed E-state index contributed by atoms with van der Waals surface area (Å²) in [6, 6.07) is 16.0. The summed E-state index contributed by atoms with van der Waals surface area (Å²) in [4.78, 5) is 16.8. The molecule has 1 aromatic heterocycles. The third kappa shape index (κ3) is 3.93. The highest BCUT2D eigenvalue weighted by Gasteiger charge is 2.44. The lowest BCUT2D eigenvalue weighted by Crippen LogP contribution is -2.47. The fourth-order valence-corrected chi connectivity index (χ4v) is 5.02. The van der Waals surface area contributed by atoms with E-state index >= 15 is 0 Å². The Bertz CT molecular complexity index is 1260. The van der Waals surface area contributed by atoms with Crippen molar-refractivity contribution in [2.45, 2.75) is 30.2 Å². The van der Waals surface area contributed by atoms with Crippen LogP contribution in [0.2, 0.25) is 0 Å². The van der Waals surface area contributed by atoms with Crippen molar-refractivity contribution in [1.29, 1.82) is 0 Å². The van der Waals surface area contributed by atoms with E-state index in [4.69, 9.17) is 4.74 Å². The van der Waals surface area contributed by atoms with Crippen molar-refractivity contribution >= 4 is 21.5 Å². The van der Waals surface area contributed by atoms with Gasteiger partial charge in [0.25, 0.3) is 0 Å². The molecule has 0 atom stereocenters. The molecule has 2 aromatic carbocycles. The molecule has 0 fully saturated rings. The second kappa shape index (κ2) is 8.27. The highest BCUT2D eigenvalue weighted by molar-refractivity contribution is 7.91. The van der Waals surface area contributed by atoms with Crippen LogP contribution >= 0.6 is 0 Å². The van der Waals surface area contributed by atoms with Crippen LogP contribution in [0, 0.1) is 0 Å². The first-order valence-electron chi connectivity index (χ1n) is 10.2. The molecule has 4 rings (SSSR count). The van der Waals surface area contributed by atoms with Gasteiger partial charge in [-0.1, -0.05) is 43.3 Å². The Morgan fingerprint density at radius 3 is 2.41 bits per heavy atom. The van der Waals surface area contributed by atoms with Crippen LogP contribution in [-0.4, -0.2) is 42.9 Å². The minimum atomic E-state index is -3.38. The van der Waals surface area contributed by atoms with E-state index in [-0.39, 0.29) is 10.6 Å². The summed E-state index contributed by atoms with van der Waals surface area (Å²) in [6.45, 7) is 1.60. The third-order valence-electron chi connectivity index (χ3n) is 5.82. The van der Waals surface area contributed by atoms with Crippen LogP contribution in [0.15, 0.2) is 65.7 Å². The zero-order valence-electron chi connectivity index (χ0n) is 17.8. The van der Waals surface area contributed by atoms with Crippen molar-refractivity contribution in [2.75, 3.05) is 18.2 Å². The van der Waals surface area contributed by atoms with Gasteiger partial charge in [-0.15, -0.1) is 0 Å². The van der Waals surface area contributed by atoms with Crippen LogP contribution in [0.25, 0.3) is 11.1 Å². The van der Waals surface area contributed by atoms with Crippen molar-refractivity contribution in [3.8, 4) is 17.0 Å². The van der Waals surface area contributed by atoms with Gasteiger partial charge in [-0.3, -0.25) is 0 Å². The molecule has 1 heterocycles. The number of carboxylic acid groups (broad SMARTS) is 1. The van der Waals surface area contributed by atoms with Gasteiger partial charge in [-0.25, -0.2) is 18.2 Å². The predicted molar refractivity (Wildman–Crippen MR) is 122 cm³/mol. The minimum absolute atomic E-state index is 0.00484. The molecule has 0 saturated heterocycles. The summed E-state index contributed by atoms with van der Waals surface area (Å²) in [5.74, 6) is -0.627. The fourth-order valence-electron chi connectivity index (χ4n) is 4.10. The third-order valence-corrected chi connectivity index (χ3v) is 7.56. The molecule has 8 heteroatoms. The molecule has 1 aliphatic rings. The number of hydrogen-bond acceptors (Lipinski definition) is 6. The SMILES string of the molecule is CCS(=O)(=O)c1cccc(-c2cc(NC3(C(=O)O)Cc4ccccc4C3)cnc2OC)c1. The Morgan fingerprint density at radius 1 is 1.12 bits per heavy atom. The number of nitrogens with zero attached hydrogens (tertiary/aromatic N) is 1. The first-order chi connectivity index (χ1) is 15.3. The first kappa shape index (κ1) is 21.8. The maximum Gasteiger partial charge on any atom is 0.330 e. The Kier molecular flexibility index (Phi) is 5.64. The average molecular weight is 453 g/mol. The van der Waals surface area contributed by atoms with E-state index in [1.54, 1.807) is 37.3 Å². The van der Waals surface area contributed by atoms with Crippen molar-refractivity contribution in [3.05, 3.63) is 71.9 Å². The van der Waals surface area contributed by atoms with Crippen LogP contribution < -0.4 is 10.1 Å². The molecule has 0 amide bonds. The highest BCUT2D eigenvalue weighted by Crippen LogP contribution is 2.36. The van der Waals surface area contributed by atoms with E-state index in [0.29, 0.717) is 35.5 Å². The van der Waals surface area contributed by atoms with Crippen LogP contribution in [-0.2, 0) is 27.5 Å². The predicted octanol–water partition coefficient (Wildman–Crippen LogP) is 3.58. The van der Waals surface area contributed by atoms with E-state index in [1.165, 1.54) is 13.3 Å². The number of hydrogen-bond donors (Lipinski definition) is 2. The zero-order chi connectivity index (χ0) is 22.9. The van der Waals surface area contributed by atoms with Gasteiger partial charge >= 0.3 is 5.97 Å². The number of anilines is 1. The summed E-state index contributed by atoms with van der Waals surface area (Å²) in [7, 11) is -1.90. The topological polar surface area (TPSA) is 106 Å². The zero-order valence-corrected chi connectivity index (χ0v) is 18.6. The minimum Gasteiger partial charge on any atom is -0.481 e. The molecular formula is C24H24N2O5S. The lowest BCUT2D eigenvalue weighted by molar-refractivity contribution is -0.142.